The van der Waals surface area contributed by atoms with Crippen molar-refractivity contribution in [1.29, 1.82) is 0 Å². The summed E-state index contributed by atoms with van der Waals surface area (Å²) in [5.74, 6) is 1.50. The zero-order chi connectivity index (χ0) is 14.5. The van der Waals surface area contributed by atoms with Crippen molar-refractivity contribution in [2.75, 3.05) is 23.8 Å². The fourth-order valence-corrected chi connectivity index (χ4v) is 3.11. The van der Waals surface area contributed by atoms with E-state index in [2.05, 4.69) is 45.0 Å². The standard InChI is InChI=1S/C15H20N4OS/c1-11(13-5-3-9-21-13)17-15-16-7-6-14(19-15)18-12-4-2-8-20-10-12/h3,5-7,9,11-12H,2,4,8,10H2,1H3,(H2,16,17,18,19). The van der Waals surface area contributed by atoms with Gasteiger partial charge < -0.3 is 15.4 Å². The second-order valence-corrected chi connectivity index (χ2v) is 6.18. The third kappa shape index (κ3) is 3.92. The molecule has 2 N–H and O–H groups in total. The molecule has 2 atom stereocenters. The van der Waals surface area contributed by atoms with Gasteiger partial charge in [-0.05, 0) is 37.3 Å². The van der Waals surface area contributed by atoms with Crippen LogP contribution >= 0.6 is 11.3 Å². The molecular formula is C15H20N4OS. The zero-order valence-electron chi connectivity index (χ0n) is 12.1. The van der Waals surface area contributed by atoms with E-state index in [1.807, 2.05) is 6.07 Å². The van der Waals surface area contributed by atoms with Gasteiger partial charge in [-0.3, -0.25) is 0 Å². The Bertz CT molecular complexity index is 555. The number of rotatable bonds is 5. The van der Waals surface area contributed by atoms with E-state index in [1.54, 1.807) is 17.5 Å². The highest BCUT2D eigenvalue weighted by molar-refractivity contribution is 7.10. The molecule has 0 aliphatic carbocycles. The smallest absolute Gasteiger partial charge is 0.225 e. The van der Waals surface area contributed by atoms with E-state index in [0.717, 1.165) is 31.9 Å². The fraction of sp³-hybridized carbons (Fsp3) is 0.467. The number of anilines is 2. The molecule has 2 aromatic rings. The quantitative estimate of drug-likeness (QED) is 0.887. The lowest BCUT2D eigenvalue weighted by Gasteiger charge is -2.23. The summed E-state index contributed by atoms with van der Waals surface area (Å²) in [6, 6.07) is 6.62. The highest BCUT2D eigenvalue weighted by Gasteiger charge is 2.14. The van der Waals surface area contributed by atoms with Crippen LogP contribution < -0.4 is 10.6 Å². The van der Waals surface area contributed by atoms with Crippen LogP contribution in [-0.2, 0) is 4.74 Å². The normalized spacial score (nSPS) is 20.0. The number of nitrogens with one attached hydrogen (secondary N) is 2. The van der Waals surface area contributed by atoms with Crippen molar-refractivity contribution in [3.63, 3.8) is 0 Å². The molecule has 3 rings (SSSR count). The number of thiophene rings is 1. The third-order valence-electron chi connectivity index (χ3n) is 3.48. The van der Waals surface area contributed by atoms with E-state index in [9.17, 15) is 0 Å². The zero-order valence-corrected chi connectivity index (χ0v) is 12.9. The molecular weight excluding hydrogens is 284 g/mol. The lowest BCUT2D eigenvalue weighted by Crippen LogP contribution is -2.30. The van der Waals surface area contributed by atoms with Crippen LogP contribution in [0.4, 0.5) is 11.8 Å². The van der Waals surface area contributed by atoms with Crippen molar-refractivity contribution >= 4 is 23.1 Å². The molecule has 0 saturated carbocycles. The summed E-state index contributed by atoms with van der Waals surface area (Å²) in [7, 11) is 0. The van der Waals surface area contributed by atoms with Crippen LogP contribution in [0, 0.1) is 0 Å². The van der Waals surface area contributed by atoms with Crippen LogP contribution in [0.15, 0.2) is 29.8 Å². The average Bonchev–Trinajstić information content (AvgIpc) is 3.03. The Morgan fingerprint density at radius 2 is 2.38 bits per heavy atom. The number of hydrogen-bond acceptors (Lipinski definition) is 6. The van der Waals surface area contributed by atoms with E-state index >= 15 is 0 Å². The summed E-state index contributed by atoms with van der Waals surface area (Å²) >= 11 is 1.73. The Morgan fingerprint density at radius 1 is 1.43 bits per heavy atom. The van der Waals surface area contributed by atoms with E-state index in [0.29, 0.717) is 12.0 Å². The molecule has 1 saturated heterocycles. The monoisotopic (exact) mass is 304 g/mol. The van der Waals surface area contributed by atoms with Gasteiger partial charge in [-0.1, -0.05) is 6.07 Å². The summed E-state index contributed by atoms with van der Waals surface area (Å²) in [4.78, 5) is 10.1. The second-order valence-electron chi connectivity index (χ2n) is 5.21. The largest absolute Gasteiger partial charge is 0.379 e. The van der Waals surface area contributed by atoms with Crippen molar-refractivity contribution in [2.24, 2.45) is 0 Å². The van der Waals surface area contributed by atoms with Crippen LogP contribution in [0.3, 0.4) is 0 Å². The maximum Gasteiger partial charge on any atom is 0.225 e. The van der Waals surface area contributed by atoms with Crippen molar-refractivity contribution < 1.29 is 4.74 Å². The third-order valence-corrected chi connectivity index (χ3v) is 4.54. The Kier molecular flexibility index (Phi) is 4.67. The minimum absolute atomic E-state index is 0.207. The Balaban J connectivity index is 1.62. The number of aromatic nitrogens is 2. The molecule has 0 amide bonds. The van der Waals surface area contributed by atoms with Gasteiger partial charge in [-0.25, -0.2) is 4.98 Å². The second kappa shape index (κ2) is 6.87. The Labute approximate surface area is 128 Å². The van der Waals surface area contributed by atoms with Gasteiger partial charge in [0.05, 0.1) is 18.7 Å². The lowest BCUT2D eigenvalue weighted by molar-refractivity contribution is 0.0875. The fourth-order valence-electron chi connectivity index (χ4n) is 2.37. The van der Waals surface area contributed by atoms with E-state index in [1.165, 1.54) is 4.88 Å². The highest BCUT2D eigenvalue weighted by Crippen LogP contribution is 2.22. The first-order chi connectivity index (χ1) is 10.3. The molecule has 6 heteroatoms. The summed E-state index contributed by atoms with van der Waals surface area (Å²) in [6.07, 6.45) is 4.00. The van der Waals surface area contributed by atoms with Gasteiger partial charge in [0, 0.05) is 17.7 Å². The van der Waals surface area contributed by atoms with Gasteiger partial charge in [0.1, 0.15) is 5.82 Å². The van der Waals surface area contributed by atoms with Crippen LogP contribution in [0.1, 0.15) is 30.7 Å². The predicted octanol–water partition coefficient (Wildman–Crippen LogP) is 3.30. The van der Waals surface area contributed by atoms with Gasteiger partial charge in [-0.15, -0.1) is 11.3 Å². The van der Waals surface area contributed by atoms with Gasteiger partial charge in [0.15, 0.2) is 0 Å². The SMILES string of the molecule is CC(Nc1nccc(NC2CCCOC2)n1)c1cccs1. The molecule has 0 bridgehead atoms. The van der Waals surface area contributed by atoms with Crippen molar-refractivity contribution in [3.8, 4) is 0 Å². The Morgan fingerprint density at radius 3 is 3.14 bits per heavy atom. The van der Waals surface area contributed by atoms with E-state index < -0.39 is 0 Å². The van der Waals surface area contributed by atoms with Crippen LogP contribution in [0.5, 0.6) is 0 Å². The molecule has 0 spiro atoms. The molecule has 0 aromatic carbocycles. The highest BCUT2D eigenvalue weighted by atomic mass is 32.1. The molecule has 0 radical (unpaired) electrons. The maximum atomic E-state index is 5.48. The first-order valence-electron chi connectivity index (χ1n) is 7.28. The molecule has 112 valence electrons. The topological polar surface area (TPSA) is 59.1 Å². The first kappa shape index (κ1) is 14.3. The summed E-state index contributed by atoms with van der Waals surface area (Å²) < 4.78 is 5.48. The van der Waals surface area contributed by atoms with Gasteiger partial charge >= 0.3 is 0 Å². The van der Waals surface area contributed by atoms with E-state index in [-0.39, 0.29) is 6.04 Å². The van der Waals surface area contributed by atoms with Crippen LogP contribution in [0.2, 0.25) is 0 Å². The van der Waals surface area contributed by atoms with Crippen LogP contribution in [-0.4, -0.2) is 29.2 Å². The summed E-state index contributed by atoms with van der Waals surface area (Å²) in [5, 5.41) is 8.83. The molecule has 3 heterocycles. The molecule has 5 nitrogen and oxygen atoms in total. The Hall–Kier alpha value is -1.66. The predicted molar refractivity (Wildman–Crippen MR) is 85.9 cm³/mol. The van der Waals surface area contributed by atoms with Crippen molar-refractivity contribution in [2.45, 2.75) is 31.8 Å². The molecule has 2 aromatic heterocycles. The van der Waals surface area contributed by atoms with Gasteiger partial charge in [0.25, 0.3) is 0 Å². The van der Waals surface area contributed by atoms with Crippen molar-refractivity contribution in [3.05, 3.63) is 34.7 Å². The minimum Gasteiger partial charge on any atom is -0.379 e. The van der Waals surface area contributed by atoms with E-state index in [4.69, 9.17) is 4.74 Å². The number of hydrogen-bond donors (Lipinski definition) is 2. The number of ether oxygens (including phenoxy) is 1. The first-order valence-corrected chi connectivity index (χ1v) is 8.16. The van der Waals surface area contributed by atoms with Gasteiger partial charge in [-0.2, -0.15) is 4.98 Å². The number of nitrogens with zero attached hydrogens (tertiary/aromatic N) is 2. The average molecular weight is 304 g/mol. The maximum absolute atomic E-state index is 5.48. The summed E-state index contributed by atoms with van der Waals surface area (Å²) in [5.41, 5.74) is 0. The molecule has 1 aliphatic heterocycles. The van der Waals surface area contributed by atoms with Crippen LogP contribution in [0.25, 0.3) is 0 Å². The summed E-state index contributed by atoms with van der Waals surface area (Å²) in [6.45, 7) is 3.73. The lowest BCUT2D eigenvalue weighted by atomic mass is 10.1. The van der Waals surface area contributed by atoms with Crippen molar-refractivity contribution in [1.82, 2.24) is 9.97 Å². The minimum atomic E-state index is 0.207. The molecule has 2 unspecified atom stereocenters. The molecule has 1 fully saturated rings. The molecule has 1 aliphatic rings. The molecule has 21 heavy (non-hydrogen) atoms. The van der Waals surface area contributed by atoms with Gasteiger partial charge in [0.2, 0.25) is 5.95 Å².